The second-order valence-electron chi connectivity index (χ2n) is 12.3. The summed E-state index contributed by atoms with van der Waals surface area (Å²) in [6, 6.07) is 45.8. The van der Waals surface area contributed by atoms with Crippen LogP contribution >= 0.6 is 0 Å². The van der Waals surface area contributed by atoms with Crippen LogP contribution in [-0.2, 0) is 0 Å². The summed E-state index contributed by atoms with van der Waals surface area (Å²) < 4.78 is 0. The summed E-state index contributed by atoms with van der Waals surface area (Å²) in [7, 11) is 6.96. The third-order valence-corrected chi connectivity index (χ3v) is 9.44. The highest BCUT2D eigenvalue weighted by Crippen LogP contribution is 2.31. The molecule has 1 fully saturated rings. The minimum Gasteiger partial charge on any atom is -0.310 e. The molecule has 4 atom stereocenters. The van der Waals surface area contributed by atoms with Gasteiger partial charge in [-0.15, -0.1) is 0 Å². The Labute approximate surface area is 260 Å². The molecule has 4 unspecified atom stereocenters. The molecule has 1 N–H and O–H groups in total. The molecule has 4 aromatic rings. The average molecular weight is 575 g/mol. The van der Waals surface area contributed by atoms with Crippen LogP contribution < -0.4 is 5.32 Å². The minimum atomic E-state index is 0.319. The lowest BCUT2D eigenvalue weighted by atomic mass is 9.96. The zero-order chi connectivity index (χ0) is 29.9. The van der Waals surface area contributed by atoms with Gasteiger partial charge in [0, 0.05) is 43.8 Å². The van der Waals surface area contributed by atoms with Gasteiger partial charge >= 0.3 is 0 Å². The molecule has 0 aromatic heterocycles. The third-order valence-electron chi connectivity index (χ3n) is 9.44. The topological polar surface area (TPSA) is 21.8 Å². The molecule has 4 nitrogen and oxygen atoms in total. The number of nitrogens with zero attached hydrogens (tertiary/aromatic N) is 3. The second kappa shape index (κ2) is 16.0. The van der Waals surface area contributed by atoms with E-state index in [0.717, 1.165) is 51.9 Å². The number of benzene rings is 4. The van der Waals surface area contributed by atoms with E-state index >= 15 is 0 Å². The summed E-state index contributed by atoms with van der Waals surface area (Å²) >= 11 is 0. The van der Waals surface area contributed by atoms with Gasteiger partial charge in [0.15, 0.2) is 0 Å². The first kappa shape index (κ1) is 31.2. The van der Waals surface area contributed by atoms with Crippen LogP contribution in [0.2, 0.25) is 0 Å². The van der Waals surface area contributed by atoms with Crippen molar-refractivity contribution >= 4 is 0 Å². The van der Waals surface area contributed by atoms with Gasteiger partial charge in [0.2, 0.25) is 0 Å². The summed E-state index contributed by atoms with van der Waals surface area (Å²) in [5.41, 5.74) is 5.60. The van der Waals surface area contributed by atoms with E-state index in [1.807, 2.05) is 0 Å². The predicted octanol–water partition coefficient (Wildman–Crippen LogP) is 7.91. The SMILES string of the molecule is CN1CCC(c2ccccc2)NCCC(c2ccccc2)N(C)CCC(c2ccccc2)N(C)CCC1c1ccccc1. The first-order valence-corrected chi connectivity index (χ1v) is 16.1. The molecule has 0 spiro atoms. The van der Waals surface area contributed by atoms with Crippen molar-refractivity contribution in [2.45, 2.75) is 49.9 Å². The summed E-state index contributed by atoms with van der Waals surface area (Å²) in [6.07, 6.45) is 4.31. The molecule has 1 heterocycles. The second-order valence-corrected chi connectivity index (χ2v) is 12.3. The molecule has 1 saturated heterocycles. The van der Waals surface area contributed by atoms with E-state index < -0.39 is 0 Å². The van der Waals surface area contributed by atoms with Crippen molar-refractivity contribution in [2.24, 2.45) is 0 Å². The Morgan fingerprint density at radius 1 is 0.419 bits per heavy atom. The van der Waals surface area contributed by atoms with E-state index in [0.29, 0.717) is 24.2 Å². The molecule has 1 aliphatic heterocycles. The molecule has 43 heavy (non-hydrogen) atoms. The Morgan fingerprint density at radius 2 is 0.744 bits per heavy atom. The molecule has 1 aliphatic rings. The lowest BCUT2D eigenvalue weighted by Gasteiger charge is -2.36. The van der Waals surface area contributed by atoms with Gasteiger partial charge in [-0.2, -0.15) is 0 Å². The van der Waals surface area contributed by atoms with Crippen LogP contribution in [0.4, 0.5) is 0 Å². The zero-order valence-electron chi connectivity index (χ0n) is 26.4. The van der Waals surface area contributed by atoms with E-state index in [4.69, 9.17) is 0 Å². The molecular formula is C39H50N4. The number of hydrogen-bond donors (Lipinski definition) is 1. The highest BCUT2D eigenvalue weighted by atomic mass is 15.2. The largest absolute Gasteiger partial charge is 0.310 e. The molecule has 0 aliphatic carbocycles. The number of nitrogens with one attached hydrogen (secondary N) is 1. The highest BCUT2D eigenvalue weighted by molar-refractivity contribution is 5.23. The number of rotatable bonds is 4. The average Bonchev–Trinajstić information content (AvgIpc) is 3.06. The Kier molecular flexibility index (Phi) is 11.6. The van der Waals surface area contributed by atoms with Crippen LogP contribution in [0.25, 0.3) is 0 Å². The van der Waals surface area contributed by atoms with Gasteiger partial charge in [-0.1, -0.05) is 121 Å². The monoisotopic (exact) mass is 574 g/mol. The van der Waals surface area contributed by atoms with Crippen molar-refractivity contribution in [3.63, 3.8) is 0 Å². The van der Waals surface area contributed by atoms with Crippen LogP contribution in [0.3, 0.4) is 0 Å². The summed E-state index contributed by atoms with van der Waals surface area (Å²) in [6.45, 7) is 4.07. The van der Waals surface area contributed by atoms with Crippen LogP contribution in [0.1, 0.15) is 72.1 Å². The molecule has 0 amide bonds. The van der Waals surface area contributed by atoms with Gasteiger partial charge in [0.05, 0.1) is 0 Å². The Hall–Kier alpha value is -3.28. The molecule has 0 radical (unpaired) electrons. The fourth-order valence-corrected chi connectivity index (χ4v) is 6.87. The van der Waals surface area contributed by atoms with Crippen molar-refractivity contribution in [2.75, 3.05) is 47.3 Å². The number of hydrogen-bond acceptors (Lipinski definition) is 4. The van der Waals surface area contributed by atoms with Gasteiger partial charge in [-0.25, -0.2) is 0 Å². The van der Waals surface area contributed by atoms with Crippen molar-refractivity contribution < 1.29 is 0 Å². The summed E-state index contributed by atoms with van der Waals surface area (Å²) in [4.78, 5) is 7.78. The van der Waals surface area contributed by atoms with Gasteiger partial charge in [-0.05, 0) is 75.6 Å². The lowest BCUT2D eigenvalue weighted by molar-refractivity contribution is 0.150. The van der Waals surface area contributed by atoms with Crippen LogP contribution in [0, 0.1) is 0 Å². The molecule has 4 heteroatoms. The highest BCUT2D eigenvalue weighted by Gasteiger charge is 2.25. The van der Waals surface area contributed by atoms with Crippen molar-refractivity contribution in [1.82, 2.24) is 20.0 Å². The van der Waals surface area contributed by atoms with Crippen LogP contribution in [-0.4, -0.2) is 62.0 Å². The molecule has 226 valence electrons. The summed E-state index contributed by atoms with van der Waals surface area (Å²) in [5.74, 6) is 0. The quantitative estimate of drug-likeness (QED) is 0.267. The molecule has 0 bridgehead atoms. The van der Waals surface area contributed by atoms with E-state index in [9.17, 15) is 0 Å². The van der Waals surface area contributed by atoms with Gasteiger partial charge in [-0.3, -0.25) is 14.7 Å². The van der Waals surface area contributed by atoms with E-state index in [2.05, 4.69) is 162 Å². The molecular weight excluding hydrogens is 524 g/mol. The first-order valence-electron chi connectivity index (χ1n) is 16.1. The maximum Gasteiger partial charge on any atom is 0.0357 e. The van der Waals surface area contributed by atoms with Gasteiger partial charge < -0.3 is 5.32 Å². The minimum absolute atomic E-state index is 0.319. The zero-order valence-corrected chi connectivity index (χ0v) is 26.4. The van der Waals surface area contributed by atoms with Gasteiger partial charge in [0.1, 0.15) is 0 Å². The predicted molar refractivity (Wildman–Crippen MR) is 181 cm³/mol. The fraction of sp³-hybridized carbons (Fsp3) is 0.385. The molecule has 0 saturated carbocycles. The normalized spacial score (nSPS) is 24.4. The molecule has 4 aromatic carbocycles. The van der Waals surface area contributed by atoms with Crippen molar-refractivity contribution in [3.05, 3.63) is 144 Å². The summed E-state index contributed by atoms with van der Waals surface area (Å²) in [5, 5.41) is 3.99. The fourth-order valence-electron chi connectivity index (χ4n) is 6.87. The Morgan fingerprint density at radius 3 is 1.14 bits per heavy atom. The smallest absolute Gasteiger partial charge is 0.0357 e. The van der Waals surface area contributed by atoms with Crippen LogP contribution in [0.5, 0.6) is 0 Å². The van der Waals surface area contributed by atoms with Gasteiger partial charge in [0.25, 0.3) is 0 Å². The standard InChI is InChI=1S/C39H50N4/c1-41-29-25-36(32-16-8-4-9-17-32)40-28-24-37(33-18-10-5-11-19-33)42(2)30-26-39(35-22-14-7-15-23-35)43(3)31-27-38(41)34-20-12-6-13-21-34/h4-23,36-40H,24-31H2,1-3H3. The maximum atomic E-state index is 3.99. The van der Waals surface area contributed by atoms with E-state index in [1.54, 1.807) is 0 Å². The lowest BCUT2D eigenvalue weighted by Crippen LogP contribution is -2.36. The Bertz CT molecular complexity index is 1310. The van der Waals surface area contributed by atoms with Crippen molar-refractivity contribution in [3.8, 4) is 0 Å². The maximum absolute atomic E-state index is 3.99. The van der Waals surface area contributed by atoms with Crippen LogP contribution in [0.15, 0.2) is 121 Å². The first-order chi connectivity index (χ1) is 21.1. The van der Waals surface area contributed by atoms with Crippen molar-refractivity contribution in [1.29, 1.82) is 0 Å². The molecule has 5 rings (SSSR count). The van der Waals surface area contributed by atoms with E-state index in [1.165, 1.54) is 22.3 Å². The Balaban J connectivity index is 1.44. The third kappa shape index (κ3) is 8.64. The van der Waals surface area contributed by atoms with E-state index in [-0.39, 0.29) is 0 Å².